The summed E-state index contributed by atoms with van der Waals surface area (Å²) in [6.45, 7) is 5.44. The Morgan fingerprint density at radius 1 is 0.515 bits per heavy atom. The zero-order valence-electron chi connectivity index (χ0n) is 18.9. The number of fused-ring (bicyclic) bond motifs is 6. The maximum absolute atomic E-state index is 2.72. The second-order valence-electron chi connectivity index (χ2n) is 10.3. The van der Waals surface area contributed by atoms with Gasteiger partial charge in [0.05, 0.1) is 0 Å². The van der Waals surface area contributed by atoms with E-state index in [1.807, 2.05) is 0 Å². The molecule has 1 aliphatic heterocycles. The van der Waals surface area contributed by atoms with E-state index in [-0.39, 0.29) is 24.8 Å². The molecule has 4 aromatic carbocycles. The Morgan fingerprint density at radius 3 is 1.00 bits per heavy atom. The zero-order chi connectivity index (χ0) is 20.8. The van der Waals surface area contributed by atoms with Gasteiger partial charge in [-0.2, -0.15) is 0 Å². The normalized spacial score (nSPS) is 17.3. The summed E-state index contributed by atoms with van der Waals surface area (Å²) in [5.41, 5.74) is 12.6. The van der Waals surface area contributed by atoms with E-state index in [9.17, 15) is 0 Å². The molecule has 1 heterocycles. The minimum absolute atomic E-state index is 0. The first-order valence-corrected chi connectivity index (χ1v) is 20.0. The summed E-state index contributed by atoms with van der Waals surface area (Å²) in [4.78, 5) is 0. The van der Waals surface area contributed by atoms with Crippen LogP contribution in [0, 0.1) is 0 Å². The van der Waals surface area contributed by atoms with Crippen molar-refractivity contribution < 1.29 is 40.7 Å². The van der Waals surface area contributed by atoms with Crippen LogP contribution >= 0.6 is 0 Å². The number of rotatable bonds is 2. The van der Waals surface area contributed by atoms with E-state index < -0.39 is 21.8 Å². The Morgan fingerprint density at radius 2 is 0.758 bits per heavy atom. The summed E-state index contributed by atoms with van der Waals surface area (Å²) in [5, 5.41) is 0. The van der Waals surface area contributed by atoms with Crippen LogP contribution in [0.1, 0.15) is 30.7 Å². The molecule has 164 valence electrons. The summed E-state index contributed by atoms with van der Waals surface area (Å²) < 4.78 is 2.93. The Labute approximate surface area is 212 Å². The molecule has 0 atom stereocenters. The van der Waals surface area contributed by atoms with Crippen LogP contribution in [-0.2, 0) is 15.8 Å². The molecule has 4 aromatic rings. The van der Waals surface area contributed by atoms with Crippen molar-refractivity contribution in [2.24, 2.45) is 0 Å². The average Bonchev–Trinajstić information content (AvgIpc) is 3.11. The van der Waals surface area contributed by atoms with Gasteiger partial charge < -0.3 is 24.8 Å². The van der Waals surface area contributed by atoms with Gasteiger partial charge in [0, 0.05) is 0 Å². The fourth-order valence-electron chi connectivity index (χ4n) is 7.26. The SMILES string of the molecule is C[Si]1(C)[CH2][Ti+2]1([CH]1c2ccccc2-c2ccccc21)[CH]1c2ccccc2-c2ccccc21.[Cl-].[Cl-]. The molecule has 1 saturated heterocycles. The van der Waals surface area contributed by atoms with Gasteiger partial charge in [0.25, 0.3) is 0 Å². The van der Waals surface area contributed by atoms with E-state index in [0.29, 0.717) is 8.45 Å². The van der Waals surface area contributed by atoms with Gasteiger partial charge in [0.1, 0.15) is 0 Å². The molecular formula is C29H26Cl2SiTi. The molecule has 0 saturated carbocycles. The third kappa shape index (κ3) is 2.93. The largest absolute Gasteiger partial charge is 1.00 e. The van der Waals surface area contributed by atoms with Crippen molar-refractivity contribution in [2.75, 3.05) is 0 Å². The van der Waals surface area contributed by atoms with Crippen molar-refractivity contribution in [1.29, 1.82) is 0 Å². The van der Waals surface area contributed by atoms with E-state index in [0.717, 1.165) is 0 Å². The van der Waals surface area contributed by atoms with Crippen LogP contribution in [0.5, 0.6) is 0 Å². The molecule has 0 bridgehead atoms. The van der Waals surface area contributed by atoms with Crippen LogP contribution in [0.25, 0.3) is 22.3 Å². The van der Waals surface area contributed by atoms with Crippen molar-refractivity contribution in [3.8, 4) is 22.3 Å². The molecule has 0 aromatic heterocycles. The van der Waals surface area contributed by atoms with Crippen molar-refractivity contribution in [1.82, 2.24) is 0 Å². The summed E-state index contributed by atoms with van der Waals surface area (Å²) >= 11 is -2.38. The van der Waals surface area contributed by atoms with Crippen molar-refractivity contribution >= 4 is 5.94 Å². The molecule has 0 amide bonds. The predicted octanol–water partition coefficient (Wildman–Crippen LogP) is 1.86. The van der Waals surface area contributed by atoms with Gasteiger partial charge in [-0.25, -0.2) is 0 Å². The first kappa shape index (κ1) is 23.1. The molecule has 7 rings (SSSR count). The summed E-state index contributed by atoms with van der Waals surface area (Å²) in [7, 11) is 0. The number of benzene rings is 4. The van der Waals surface area contributed by atoms with Gasteiger partial charge in [-0.15, -0.1) is 0 Å². The molecule has 0 nitrogen and oxygen atoms in total. The smallest absolute Gasteiger partial charge is 1.00 e. The fraction of sp³-hybridized carbons (Fsp3) is 0.172. The van der Waals surface area contributed by atoms with Gasteiger partial charge >= 0.3 is 189 Å². The Balaban J connectivity index is 0.00000114. The molecule has 1 fully saturated rings. The summed E-state index contributed by atoms with van der Waals surface area (Å²) in [6, 6.07) is 37.4. The van der Waals surface area contributed by atoms with Crippen molar-refractivity contribution in [3.63, 3.8) is 0 Å². The third-order valence-corrected chi connectivity index (χ3v) is 37.4. The van der Waals surface area contributed by atoms with Crippen LogP contribution in [0.4, 0.5) is 0 Å². The Hall–Kier alpha value is -1.61. The Bertz CT molecular complexity index is 1190. The second kappa shape index (κ2) is 7.97. The molecule has 3 aliphatic rings. The summed E-state index contributed by atoms with van der Waals surface area (Å²) in [5.74, 6) is -1.26. The van der Waals surface area contributed by atoms with Crippen LogP contribution < -0.4 is 24.8 Å². The Kier molecular flexibility index (Phi) is 5.59. The van der Waals surface area contributed by atoms with E-state index in [1.54, 1.807) is 26.6 Å². The molecule has 0 spiro atoms. The van der Waals surface area contributed by atoms with Gasteiger partial charge in [0.15, 0.2) is 0 Å². The standard InChI is InChI=1S/2C13H9.C3H8Si.2ClH.Ti/c2*1-3-7-12-10(5-1)9-11-6-2-4-8-13(11)12;1-4(2)3;;;/h2*1-9H;1H2,2-3H3;2*1H;/q;;;;;+2/p-2. The maximum Gasteiger partial charge on any atom is -1.00 e. The zero-order valence-corrected chi connectivity index (χ0v) is 22.9. The van der Waals surface area contributed by atoms with Crippen molar-refractivity contribution in [3.05, 3.63) is 119 Å². The van der Waals surface area contributed by atoms with Crippen LogP contribution in [0.2, 0.25) is 17.4 Å². The number of hydrogen-bond donors (Lipinski definition) is 0. The third-order valence-electron chi connectivity index (χ3n) is 8.57. The maximum atomic E-state index is 2.72. The van der Waals surface area contributed by atoms with Gasteiger partial charge in [0.2, 0.25) is 0 Å². The molecular weight excluding hydrogens is 495 g/mol. The van der Waals surface area contributed by atoms with E-state index >= 15 is 0 Å². The first-order chi connectivity index (χ1) is 15.1. The second-order valence-corrected chi connectivity index (χ2v) is 31.3. The van der Waals surface area contributed by atoms with Gasteiger partial charge in [-0.3, -0.25) is 0 Å². The van der Waals surface area contributed by atoms with Crippen LogP contribution in [-0.4, -0.2) is 5.94 Å². The topological polar surface area (TPSA) is 0 Å². The molecule has 0 unspecified atom stereocenters. The number of halogens is 2. The molecule has 4 heteroatoms. The monoisotopic (exact) mass is 520 g/mol. The first-order valence-electron chi connectivity index (χ1n) is 11.5. The molecule has 33 heavy (non-hydrogen) atoms. The quantitative estimate of drug-likeness (QED) is 0.354. The van der Waals surface area contributed by atoms with Crippen LogP contribution in [0.15, 0.2) is 97.1 Å². The fourth-order valence-corrected chi connectivity index (χ4v) is 42.7. The molecule has 0 N–H and O–H groups in total. The van der Waals surface area contributed by atoms with Crippen molar-refractivity contribution in [2.45, 2.75) is 25.9 Å². The van der Waals surface area contributed by atoms with E-state index in [2.05, 4.69) is 110 Å². The van der Waals surface area contributed by atoms with Gasteiger partial charge in [-0.05, 0) is 0 Å². The van der Waals surface area contributed by atoms with Crippen LogP contribution in [0.3, 0.4) is 0 Å². The average molecular weight is 521 g/mol. The minimum atomic E-state index is -2.38. The predicted molar refractivity (Wildman–Crippen MR) is 130 cm³/mol. The molecule has 2 aliphatic carbocycles. The number of hydrogen-bond acceptors (Lipinski definition) is 0. The van der Waals surface area contributed by atoms with E-state index in [1.165, 1.54) is 22.3 Å². The molecule has 0 radical (unpaired) electrons. The van der Waals surface area contributed by atoms with E-state index in [4.69, 9.17) is 0 Å². The minimum Gasteiger partial charge on any atom is -1.00 e. The summed E-state index contributed by atoms with van der Waals surface area (Å²) in [6.07, 6.45) is 0. The van der Waals surface area contributed by atoms with Gasteiger partial charge in [-0.1, -0.05) is 0 Å².